The first-order chi connectivity index (χ1) is 9.42. The highest BCUT2D eigenvalue weighted by Crippen LogP contribution is 2.20. The molecule has 5 nitrogen and oxygen atoms in total. The van der Waals surface area contributed by atoms with Crippen molar-refractivity contribution in [2.45, 2.75) is 11.6 Å². The van der Waals surface area contributed by atoms with Crippen LogP contribution >= 0.6 is 11.6 Å². The van der Waals surface area contributed by atoms with E-state index in [0.29, 0.717) is 11.4 Å². The maximum absolute atomic E-state index is 13.0. The lowest BCUT2D eigenvalue weighted by Crippen LogP contribution is -2.17. The van der Waals surface area contributed by atoms with Crippen molar-refractivity contribution < 1.29 is 17.2 Å². The first-order valence-electron chi connectivity index (χ1n) is 5.63. The Balaban J connectivity index is 2.06. The molecule has 2 rings (SSSR count). The van der Waals surface area contributed by atoms with Gasteiger partial charge in [0.05, 0.1) is 11.6 Å². The third-order valence-corrected chi connectivity index (χ3v) is 4.13. The Morgan fingerprint density at radius 3 is 2.70 bits per heavy atom. The minimum Gasteiger partial charge on any atom is -0.446 e. The number of benzene rings is 1. The van der Waals surface area contributed by atoms with Crippen LogP contribution in [0.15, 0.2) is 39.8 Å². The van der Waals surface area contributed by atoms with Crippen LogP contribution in [0.5, 0.6) is 0 Å². The Kier molecular flexibility index (Phi) is 4.32. The summed E-state index contributed by atoms with van der Waals surface area (Å²) in [6.07, 6.45) is 0. The van der Waals surface area contributed by atoms with Crippen LogP contribution in [0.3, 0.4) is 0 Å². The summed E-state index contributed by atoms with van der Waals surface area (Å²) in [6.45, 7) is 0.251. The van der Waals surface area contributed by atoms with Gasteiger partial charge < -0.3 is 9.73 Å². The van der Waals surface area contributed by atoms with E-state index >= 15 is 0 Å². The maximum atomic E-state index is 13.0. The molecule has 1 aromatic heterocycles. The second-order valence-corrected chi connectivity index (χ2v) is 6.14. The van der Waals surface area contributed by atoms with Gasteiger partial charge >= 0.3 is 0 Å². The average Bonchev–Trinajstić information content (AvgIpc) is 2.90. The van der Waals surface area contributed by atoms with E-state index in [4.69, 9.17) is 16.0 Å². The van der Waals surface area contributed by atoms with Gasteiger partial charge in [-0.2, -0.15) is 0 Å². The van der Waals surface area contributed by atoms with Crippen LogP contribution < -0.4 is 10.0 Å². The van der Waals surface area contributed by atoms with Crippen molar-refractivity contribution in [1.29, 1.82) is 0 Å². The first kappa shape index (κ1) is 14.8. The van der Waals surface area contributed by atoms with Crippen LogP contribution in [-0.4, -0.2) is 15.5 Å². The third kappa shape index (κ3) is 3.30. The zero-order valence-electron chi connectivity index (χ0n) is 10.5. The molecule has 2 N–H and O–H groups in total. The van der Waals surface area contributed by atoms with Crippen LogP contribution in [0.25, 0.3) is 0 Å². The summed E-state index contributed by atoms with van der Waals surface area (Å²) in [6, 6.07) is 7.10. The number of hydrogen-bond acceptors (Lipinski definition) is 4. The van der Waals surface area contributed by atoms with Crippen LogP contribution in [0.4, 0.5) is 10.1 Å². The zero-order chi connectivity index (χ0) is 14.8. The average molecular weight is 319 g/mol. The van der Waals surface area contributed by atoms with Gasteiger partial charge in [0, 0.05) is 5.69 Å². The smallest absolute Gasteiger partial charge is 0.273 e. The van der Waals surface area contributed by atoms with Gasteiger partial charge in [-0.1, -0.05) is 11.6 Å². The van der Waals surface area contributed by atoms with Crippen molar-refractivity contribution in [3.05, 3.63) is 46.9 Å². The number of anilines is 1. The minimum atomic E-state index is -3.59. The highest BCUT2D eigenvalue weighted by molar-refractivity contribution is 7.89. The van der Waals surface area contributed by atoms with Gasteiger partial charge in [-0.25, -0.2) is 17.5 Å². The molecule has 0 bridgehead atoms. The maximum Gasteiger partial charge on any atom is 0.273 e. The van der Waals surface area contributed by atoms with Gasteiger partial charge in [-0.3, -0.25) is 0 Å². The lowest BCUT2D eigenvalue weighted by atomic mass is 10.3. The second kappa shape index (κ2) is 5.82. The van der Waals surface area contributed by atoms with Gasteiger partial charge in [0.15, 0.2) is 0 Å². The molecular weight excluding hydrogens is 307 g/mol. The summed E-state index contributed by atoms with van der Waals surface area (Å²) in [5.41, 5.74) is 0.603. The molecule has 8 heteroatoms. The van der Waals surface area contributed by atoms with Crippen LogP contribution in [0, 0.1) is 5.82 Å². The van der Waals surface area contributed by atoms with Crippen LogP contribution in [-0.2, 0) is 16.6 Å². The predicted molar refractivity (Wildman–Crippen MR) is 73.7 cm³/mol. The van der Waals surface area contributed by atoms with Gasteiger partial charge in [0.2, 0.25) is 5.09 Å². The van der Waals surface area contributed by atoms with Crippen molar-refractivity contribution >= 4 is 27.3 Å². The Hall–Kier alpha value is -1.57. The van der Waals surface area contributed by atoms with Crippen molar-refractivity contribution in [3.63, 3.8) is 0 Å². The topological polar surface area (TPSA) is 71.3 Å². The molecule has 0 saturated carbocycles. The van der Waals surface area contributed by atoms with E-state index < -0.39 is 15.8 Å². The highest BCUT2D eigenvalue weighted by Gasteiger charge is 2.16. The molecule has 0 fully saturated rings. The van der Waals surface area contributed by atoms with Crippen LogP contribution in [0.2, 0.25) is 5.02 Å². The lowest BCUT2D eigenvalue weighted by molar-refractivity contribution is 0.417. The molecule has 0 radical (unpaired) electrons. The molecule has 0 spiro atoms. The fourth-order valence-electron chi connectivity index (χ4n) is 1.49. The molecule has 108 valence electrons. The third-order valence-electron chi connectivity index (χ3n) is 2.56. The summed E-state index contributed by atoms with van der Waals surface area (Å²) >= 11 is 5.65. The number of nitrogens with one attached hydrogen (secondary N) is 2. The Morgan fingerprint density at radius 2 is 2.05 bits per heavy atom. The SMILES string of the molecule is CNS(=O)(=O)c1ccc(CNc2ccc(F)c(Cl)c2)o1. The van der Waals surface area contributed by atoms with Gasteiger partial charge in [-0.15, -0.1) is 0 Å². The van der Waals surface area contributed by atoms with Gasteiger partial charge in [0.25, 0.3) is 10.0 Å². The molecule has 0 aliphatic rings. The molecular formula is C12H12ClFN2O3S. The first-order valence-corrected chi connectivity index (χ1v) is 7.49. The van der Waals surface area contributed by atoms with Crippen molar-refractivity contribution in [1.82, 2.24) is 4.72 Å². The second-order valence-electron chi connectivity index (χ2n) is 3.91. The van der Waals surface area contributed by atoms with E-state index in [9.17, 15) is 12.8 Å². The van der Waals surface area contributed by atoms with Gasteiger partial charge in [0.1, 0.15) is 11.6 Å². The van der Waals surface area contributed by atoms with E-state index in [1.54, 1.807) is 6.07 Å². The minimum absolute atomic E-state index is 0.00731. The molecule has 0 aliphatic carbocycles. The number of hydrogen-bond donors (Lipinski definition) is 2. The Morgan fingerprint density at radius 1 is 1.30 bits per heavy atom. The van der Waals surface area contributed by atoms with E-state index in [2.05, 4.69) is 10.0 Å². The molecule has 0 saturated heterocycles. The molecule has 2 aromatic rings. The monoisotopic (exact) mass is 318 g/mol. The number of furan rings is 1. The Bertz CT molecular complexity index is 715. The fourth-order valence-corrected chi connectivity index (χ4v) is 2.34. The molecule has 0 atom stereocenters. The molecule has 0 unspecified atom stereocenters. The van der Waals surface area contributed by atoms with Crippen LogP contribution in [0.1, 0.15) is 5.76 Å². The van der Waals surface area contributed by atoms with E-state index in [0.717, 1.165) is 0 Å². The normalized spacial score (nSPS) is 11.6. The number of sulfonamides is 1. The summed E-state index contributed by atoms with van der Waals surface area (Å²) < 4.78 is 43.3. The van der Waals surface area contributed by atoms with Crippen molar-refractivity contribution in [2.75, 3.05) is 12.4 Å². The quantitative estimate of drug-likeness (QED) is 0.889. The predicted octanol–water partition coefficient (Wildman–Crippen LogP) is 2.59. The standard InChI is InChI=1S/C12H12ClFN2O3S/c1-15-20(17,18)12-5-3-9(19-12)7-16-8-2-4-11(14)10(13)6-8/h2-6,15-16H,7H2,1H3. The molecule has 1 heterocycles. The van der Waals surface area contributed by atoms with Crippen molar-refractivity contribution in [2.24, 2.45) is 0 Å². The number of halogens is 2. The molecule has 0 aliphatic heterocycles. The molecule has 20 heavy (non-hydrogen) atoms. The lowest BCUT2D eigenvalue weighted by Gasteiger charge is -2.05. The van der Waals surface area contributed by atoms with Crippen molar-refractivity contribution in [3.8, 4) is 0 Å². The molecule has 0 amide bonds. The highest BCUT2D eigenvalue weighted by atomic mass is 35.5. The van der Waals surface area contributed by atoms with Gasteiger partial charge in [-0.05, 0) is 37.4 Å². The summed E-state index contributed by atoms with van der Waals surface area (Å²) in [7, 11) is -2.29. The van der Waals surface area contributed by atoms with E-state index in [1.165, 1.54) is 31.3 Å². The summed E-state index contributed by atoms with van der Waals surface area (Å²) in [5.74, 6) is -0.0723. The van der Waals surface area contributed by atoms with E-state index in [-0.39, 0.29) is 16.7 Å². The van der Waals surface area contributed by atoms with E-state index in [1.807, 2.05) is 0 Å². The summed E-state index contributed by atoms with van der Waals surface area (Å²) in [5, 5.41) is 2.80. The zero-order valence-corrected chi connectivity index (χ0v) is 12.1. The fraction of sp³-hybridized carbons (Fsp3) is 0.167. The molecule has 1 aromatic carbocycles. The Labute approximate surface area is 120 Å². The largest absolute Gasteiger partial charge is 0.446 e. The summed E-state index contributed by atoms with van der Waals surface area (Å²) in [4.78, 5) is 0. The number of rotatable bonds is 5.